The summed E-state index contributed by atoms with van der Waals surface area (Å²) >= 11 is 0. The van der Waals surface area contributed by atoms with Gasteiger partial charge in [-0.2, -0.15) is 28.2 Å². The molecule has 5 aromatic rings. The molecule has 2 N–H and O–H groups in total. The summed E-state index contributed by atoms with van der Waals surface area (Å²) in [5, 5.41) is 26.1. The summed E-state index contributed by atoms with van der Waals surface area (Å²) in [6, 6.07) is 10.7. The Morgan fingerprint density at radius 1 is 1.06 bits per heavy atom. The molecular formula is C23H20F3N7O2. The van der Waals surface area contributed by atoms with Crippen molar-refractivity contribution < 1.29 is 23.1 Å². The number of amides is 1. The Balaban J connectivity index is 1.55. The minimum absolute atomic E-state index is 0.323. The lowest BCUT2D eigenvalue weighted by Gasteiger charge is -2.14. The lowest BCUT2D eigenvalue weighted by Crippen LogP contribution is -2.31. The minimum atomic E-state index is -4.44. The van der Waals surface area contributed by atoms with Crippen molar-refractivity contribution in [1.29, 1.82) is 0 Å². The topological polar surface area (TPSA) is 103 Å². The van der Waals surface area contributed by atoms with Gasteiger partial charge >= 0.3 is 6.18 Å². The Hall–Kier alpha value is -4.19. The smallest absolute Gasteiger partial charge is 0.394 e. The normalized spacial score (nSPS) is 13.0. The molecule has 0 aliphatic rings. The first-order valence-electron chi connectivity index (χ1n) is 10.6. The molecule has 0 radical (unpaired) electrons. The predicted octanol–water partition coefficient (Wildman–Crippen LogP) is 3.13. The average molecular weight is 483 g/mol. The van der Waals surface area contributed by atoms with Crippen LogP contribution >= 0.6 is 0 Å². The van der Waals surface area contributed by atoms with Crippen LogP contribution in [0.3, 0.4) is 0 Å². The van der Waals surface area contributed by atoms with E-state index in [1.165, 1.54) is 16.9 Å². The zero-order valence-electron chi connectivity index (χ0n) is 18.7. The summed E-state index contributed by atoms with van der Waals surface area (Å²) in [5.41, 5.74) is 2.15. The zero-order chi connectivity index (χ0) is 24.9. The number of aryl methyl sites for hydroxylation is 2. The van der Waals surface area contributed by atoms with E-state index in [1.54, 1.807) is 53.8 Å². The number of carbonyl (C=O) groups is 1. The quantitative estimate of drug-likeness (QED) is 0.400. The third-order valence-electron chi connectivity index (χ3n) is 5.69. The maximum atomic E-state index is 13.0. The molecule has 2 aromatic carbocycles. The van der Waals surface area contributed by atoms with Crippen molar-refractivity contribution in [1.82, 2.24) is 34.7 Å². The first-order chi connectivity index (χ1) is 16.7. The van der Waals surface area contributed by atoms with Crippen molar-refractivity contribution in [2.45, 2.75) is 12.2 Å². The van der Waals surface area contributed by atoms with Crippen LogP contribution < -0.4 is 5.32 Å². The van der Waals surface area contributed by atoms with Gasteiger partial charge in [-0.1, -0.05) is 0 Å². The van der Waals surface area contributed by atoms with E-state index in [0.717, 1.165) is 12.1 Å². The molecule has 1 amide bonds. The number of rotatable bonds is 5. The molecule has 3 heterocycles. The number of benzene rings is 2. The Bertz CT molecular complexity index is 1550. The van der Waals surface area contributed by atoms with Crippen LogP contribution in [0.25, 0.3) is 27.8 Å². The standard InChI is InChI=1S/C23H20F3N7O2/c1-31-10-9-17(28-31)18(12-34)27-22(35)13-3-8-19-16(11-13)20-21(30-32(2)29-20)33(19)15-6-4-14(5-7-15)23(24,25)26/h3-11,18,34H,12H2,1-2H3,(H,27,35). The van der Waals surface area contributed by atoms with Crippen LogP contribution in [0, 0.1) is 0 Å². The van der Waals surface area contributed by atoms with Crippen molar-refractivity contribution in [3.8, 4) is 5.69 Å². The number of halogens is 3. The molecule has 0 fully saturated rings. The molecule has 3 aromatic heterocycles. The number of nitrogens with zero attached hydrogens (tertiary/aromatic N) is 6. The van der Waals surface area contributed by atoms with Gasteiger partial charge in [-0.15, -0.1) is 5.10 Å². The minimum Gasteiger partial charge on any atom is -0.394 e. The number of hydrogen-bond acceptors (Lipinski definition) is 5. The van der Waals surface area contributed by atoms with Gasteiger partial charge in [-0.05, 0) is 48.5 Å². The number of carbonyl (C=O) groups excluding carboxylic acids is 1. The van der Waals surface area contributed by atoms with E-state index in [9.17, 15) is 23.1 Å². The fraction of sp³-hybridized carbons (Fsp3) is 0.217. The van der Waals surface area contributed by atoms with E-state index in [-0.39, 0.29) is 6.61 Å². The van der Waals surface area contributed by atoms with Crippen molar-refractivity contribution >= 4 is 28.0 Å². The Morgan fingerprint density at radius 2 is 1.80 bits per heavy atom. The summed E-state index contributed by atoms with van der Waals surface area (Å²) in [6.45, 7) is -0.330. The van der Waals surface area contributed by atoms with Crippen LogP contribution in [0.5, 0.6) is 0 Å². The summed E-state index contributed by atoms with van der Waals surface area (Å²) in [5.74, 6) is -0.420. The van der Waals surface area contributed by atoms with Crippen LogP contribution in [0.4, 0.5) is 13.2 Å². The van der Waals surface area contributed by atoms with Gasteiger partial charge in [0, 0.05) is 36.9 Å². The highest BCUT2D eigenvalue weighted by molar-refractivity contribution is 6.08. The van der Waals surface area contributed by atoms with Crippen LogP contribution in [0.15, 0.2) is 54.7 Å². The third-order valence-corrected chi connectivity index (χ3v) is 5.69. The van der Waals surface area contributed by atoms with E-state index in [2.05, 4.69) is 20.6 Å². The van der Waals surface area contributed by atoms with Crippen molar-refractivity contribution in [3.05, 3.63) is 71.5 Å². The van der Waals surface area contributed by atoms with Crippen LogP contribution in [0.2, 0.25) is 0 Å². The van der Waals surface area contributed by atoms with Gasteiger partial charge in [0.2, 0.25) is 0 Å². The van der Waals surface area contributed by atoms with Crippen molar-refractivity contribution in [2.24, 2.45) is 14.1 Å². The number of hydrogen-bond donors (Lipinski definition) is 2. The van der Waals surface area contributed by atoms with Crippen LogP contribution in [-0.4, -0.2) is 47.0 Å². The molecule has 35 heavy (non-hydrogen) atoms. The van der Waals surface area contributed by atoms with E-state index >= 15 is 0 Å². The molecule has 1 atom stereocenters. The Labute approximate surface area is 196 Å². The Morgan fingerprint density at radius 3 is 2.43 bits per heavy atom. The van der Waals surface area contributed by atoms with Crippen molar-refractivity contribution in [3.63, 3.8) is 0 Å². The van der Waals surface area contributed by atoms with Crippen molar-refractivity contribution in [2.75, 3.05) is 6.61 Å². The SMILES string of the molecule is Cn1ccc(C(CO)NC(=O)c2ccc3c(c2)c2nn(C)nc2n3-c2ccc(C(F)(F)F)cc2)n1. The number of aliphatic hydroxyl groups is 1. The highest BCUT2D eigenvalue weighted by atomic mass is 19.4. The summed E-state index contributed by atoms with van der Waals surface area (Å²) in [6.07, 6.45) is -2.73. The summed E-state index contributed by atoms with van der Waals surface area (Å²) in [7, 11) is 3.37. The lowest BCUT2D eigenvalue weighted by atomic mass is 10.1. The number of nitrogens with one attached hydrogen (secondary N) is 1. The molecule has 9 nitrogen and oxygen atoms in total. The van der Waals surface area contributed by atoms with E-state index in [0.29, 0.717) is 39.0 Å². The van der Waals surface area contributed by atoms with Gasteiger partial charge in [0.15, 0.2) is 5.65 Å². The van der Waals surface area contributed by atoms with Gasteiger partial charge in [0.25, 0.3) is 5.91 Å². The first-order valence-corrected chi connectivity index (χ1v) is 10.6. The Kier molecular flexibility index (Phi) is 5.32. The monoisotopic (exact) mass is 483 g/mol. The summed E-state index contributed by atoms with van der Waals surface area (Å²) in [4.78, 5) is 14.3. The lowest BCUT2D eigenvalue weighted by molar-refractivity contribution is -0.137. The molecule has 0 aliphatic carbocycles. The second-order valence-corrected chi connectivity index (χ2v) is 8.10. The molecule has 0 saturated carbocycles. The maximum Gasteiger partial charge on any atom is 0.416 e. The predicted molar refractivity (Wildman–Crippen MR) is 121 cm³/mol. The highest BCUT2D eigenvalue weighted by Gasteiger charge is 2.30. The van der Waals surface area contributed by atoms with Crippen LogP contribution in [0.1, 0.15) is 27.7 Å². The summed E-state index contributed by atoms with van der Waals surface area (Å²) < 4.78 is 42.4. The van der Waals surface area contributed by atoms with Gasteiger partial charge in [0.05, 0.1) is 29.4 Å². The van der Waals surface area contributed by atoms with E-state index < -0.39 is 23.7 Å². The molecule has 0 saturated heterocycles. The number of aliphatic hydroxyl groups excluding tert-OH is 1. The van der Waals surface area contributed by atoms with Gasteiger partial charge in [0.1, 0.15) is 5.52 Å². The zero-order valence-corrected chi connectivity index (χ0v) is 18.7. The van der Waals surface area contributed by atoms with Gasteiger partial charge < -0.3 is 10.4 Å². The molecule has 0 bridgehead atoms. The maximum absolute atomic E-state index is 13.0. The number of alkyl halides is 3. The van der Waals surface area contributed by atoms with Gasteiger partial charge in [-0.25, -0.2) is 0 Å². The molecule has 12 heteroatoms. The molecule has 0 aliphatic heterocycles. The van der Waals surface area contributed by atoms with Gasteiger partial charge in [-0.3, -0.25) is 14.0 Å². The molecular weight excluding hydrogens is 463 g/mol. The van der Waals surface area contributed by atoms with E-state index in [4.69, 9.17) is 0 Å². The number of fused-ring (bicyclic) bond motifs is 3. The van der Waals surface area contributed by atoms with E-state index in [1.807, 2.05) is 0 Å². The second-order valence-electron chi connectivity index (χ2n) is 8.10. The molecule has 1 unspecified atom stereocenters. The second kappa shape index (κ2) is 8.24. The average Bonchev–Trinajstić information content (AvgIpc) is 3.49. The highest BCUT2D eigenvalue weighted by Crippen LogP contribution is 2.33. The largest absolute Gasteiger partial charge is 0.416 e. The fourth-order valence-corrected chi connectivity index (χ4v) is 4.03. The number of aromatic nitrogens is 6. The first kappa shape index (κ1) is 22.6. The third kappa shape index (κ3) is 4.01. The molecule has 180 valence electrons. The van der Waals surface area contributed by atoms with Crippen LogP contribution in [-0.2, 0) is 20.3 Å². The molecule has 5 rings (SSSR count). The molecule has 0 spiro atoms. The fourth-order valence-electron chi connectivity index (χ4n) is 4.03.